The van der Waals surface area contributed by atoms with Crippen LogP contribution in [0.4, 0.5) is 0 Å². The molecule has 0 aromatic heterocycles. The minimum atomic E-state index is -0.962. The maximum atomic E-state index is 12.7. The van der Waals surface area contributed by atoms with Crippen LogP contribution in [0.1, 0.15) is 27.7 Å². The van der Waals surface area contributed by atoms with Gasteiger partial charge < -0.3 is 0 Å². The molecule has 0 aromatic carbocycles. The van der Waals surface area contributed by atoms with E-state index in [0.717, 1.165) is 0 Å². The summed E-state index contributed by atoms with van der Waals surface area (Å²) >= 11 is 0. The van der Waals surface area contributed by atoms with Crippen LogP contribution < -0.4 is 0 Å². The number of carbonyl (C=O) groups is 3. The van der Waals surface area contributed by atoms with Crippen LogP contribution in [0, 0.1) is 27.6 Å². The van der Waals surface area contributed by atoms with Gasteiger partial charge in [-0.3, -0.25) is 14.4 Å². The van der Waals surface area contributed by atoms with Gasteiger partial charge >= 0.3 is 0 Å². The maximum absolute atomic E-state index is 12.7. The van der Waals surface area contributed by atoms with E-state index in [1.165, 1.54) is 18.2 Å². The van der Waals surface area contributed by atoms with E-state index in [1.54, 1.807) is 32.9 Å². The zero-order valence-corrected chi connectivity index (χ0v) is 13.6. The Morgan fingerprint density at radius 1 is 0.957 bits per heavy atom. The molecule has 0 N–H and O–H groups in total. The summed E-state index contributed by atoms with van der Waals surface area (Å²) in [4.78, 5) is 37.2. The molecule has 0 bridgehead atoms. The third kappa shape index (κ3) is 1.74. The average molecular weight is 307 g/mol. The summed E-state index contributed by atoms with van der Waals surface area (Å²) in [6.45, 7) is 7.08. The average Bonchev–Trinajstić information content (AvgIpc) is 2.49. The summed E-state index contributed by atoms with van der Waals surface area (Å²) in [7, 11) is 0. The van der Waals surface area contributed by atoms with Crippen molar-refractivity contribution in [2.24, 2.45) is 16.2 Å². The Balaban J connectivity index is 2.41. The zero-order chi connectivity index (χ0) is 17.2. The highest BCUT2D eigenvalue weighted by molar-refractivity contribution is 6.13. The Morgan fingerprint density at radius 2 is 1.61 bits per heavy atom. The number of carbonyl (C=O) groups excluding carboxylic acids is 3. The first-order valence-corrected chi connectivity index (χ1v) is 7.48. The van der Waals surface area contributed by atoms with Gasteiger partial charge in [-0.15, -0.1) is 0 Å². The van der Waals surface area contributed by atoms with Crippen LogP contribution in [-0.4, -0.2) is 17.3 Å². The number of Topliss-reactive ketones (excluding diaryl/α,β-unsaturated/α-hetero) is 1. The van der Waals surface area contributed by atoms with E-state index in [0.29, 0.717) is 11.1 Å². The molecule has 3 rings (SSSR count). The number of hydrogen-bond acceptors (Lipinski definition) is 4. The second-order valence-corrected chi connectivity index (χ2v) is 7.24. The van der Waals surface area contributed by atoms with Crippen LogP contribution >= 0.6 is 0 Å². The number of rotatable bonds is 0. The molecule has 0 amide bonds. The third-order valence-corrected chi connectivity index (χ3v) is 5.37. The lowest BCUT2D eigenvalue weighted by Gasteiger charge is -2.51. The Morgan fingerprint density at radius 3 is 2.22 bits per heavy atom. The van der Waals surface area contributed by atoms with Gasteiger partial charge in [0.25, 0.3) is 0 Å². The van der Waals surface area contributed by atoms with Gasteiger partial charge in [0, 0.05) is 5.41 Å². The second-order valence-electron chi connectivity index (χ2n) is 7.24. The molecule has 4 nitrogen and oxygen atoms in total. The van der Waals surface area contributed by atoms with Gasteiger partial charge in [-0.25, -0.2) is 0 Å². The lowest BCUT2D eigenvalue weighted by atomic mass is 9.50. The summed E-state index contributed by atoms with van der Waals surface area (Å²) in [5.41, 5.74) is -1.32. The van der Waals surface area contributed by atoms with Crippen LogP contribution in [0.2, 0.25) is 0 Å². The van der Waals surface area contributed by atoms with Crippen molar-refractivity contribution in [3.8, 4) is 6.07 Å². The molecule has 3 aliphatic carbocycles. The summed E-state index contributed by atoms with van der Waals surface area (Å²) in [6.07, 6.45) is 7.63. The number of fused-ring (bicyclic) bond motifs is 3. The molecule has 3 aliphatic rings. The number of allylic oxidation sites excluding steroid dienone is 8. The maximum Gasteiger partial charge on any atom is 0.182 e. The molecule has 116 valence electrons. The second kappa shape index (κ2) is 4.26. The molecule has 0 fully saturated rings. The van der Waals surface area contributed by atoms with Crippen LogP contribution in [0.25, 0.3) is 0 Å². The largest absolute Gasteiger partial charge is 0.294 e. The van der Waals surface area contributed by atoms with Crippen molar-refractivity contribution >= 4 is 17.3 Å². The molecule has 0 saturated heterocycles. The van der Waals surface area contributed by atoms with Gasteiger partial charge in [0.1, 0.15) is 6.07 Å². The van der Waals surface area contributed by atoms with E-state index in [-0.39, 0.29) is 22.9 Å². The van der Waals surface area contributed by atoms with Crippen molar-refractivity contribution in [1.29, 1.82) is 5.26 Å². The number of nitriles is 1. The SMILES string of the molecule is CC1(C)C(=O)C(C#N)=CC2(C)C1=CC(=O)C1(C)C=CC(=O)C=C12. The van der Waals surface area contributed by atoms with E-state index in [4.69, 9.17) is 0 Å². The fourth-order valence-electron chi connectivity index (χ4n) is 4.04. The molecule has 0 spiro atoms. The van der Waals surface area contributed by atoms with Gasteiger partial charge in [0.15, 0.2) is 17.3 Å². The fraction of sp³-hybridized carbons (Fsp3) is 0.368. The van der Waals surface area contributed by atoms with Crippen molar-refractivity contribution in [3.63, 3.8) is 0 Å². The van der Waals surface area contributed by atoms with E-state index < -0.39 is 16.2 Å². The van der Waals surface area contributed by atoms with Crippen molar-refractivity contribution in [2.45, 2.75) is 27.7 Å². The predicted molar refractivity (Wildman–Crippen MR) is 84.0 cm³/mol. The molecule has 23 heavy (non-hydrogen) atoms. The van der Waals surface area contributed by atoms with Gasteiger partial charge in [-0.05, 0) is 63.1 Å². The van der Waals surface area contributed by atoms with Gasteiger partial charge in [-0.1, -0.05) is 6.08 Å². The Hall–Kier alpha value is -2.54. The normalized spacial score (nSPS) is 34.7. The summed E-state index contributed by atoms with van der Waals surface area (Å²) in [6, 6.07) is 1.97. The lowest BCUT2D eigenvalue weighted by molar-refractivity contribution is -0.123. The Kier molecular flexibility index (Phi) is 2.84. The number of ketones is 3. The topological polar surface area (TPSA) is 75.0 Å². The van der Waals surface area contributed by atoms with Crippen molar-refractivity contribution in [1.82, 2.24) is 0 Å². The van der Waals surface area contributed by atoms with Gasteiger partial charge in [0.05, 0.1) is 16.4 Å². The zero-order valence-electron chi connectivity index (χ0n) is 13.6. The predicted octanol–water partition coefficient (Wildman–Crippen LogP) is 2.63. The summed E-state index contributed by atoms with van der Waals surface area (Å²) in [5.74, 6) is -0.623. The monoisotopic (exact) mass is 307 g/mol. The molecular weight excluding hydrogens is 290 g/mol. The van der Waals surface area contributed by atoms with Crippen LogP contribution in [0.15, 0.2) is 47.1 Å². The highest BCUT2D eigenvalue weighted by Gasteiger charge is 2.56. The Bertz CT molecular complexity index is 844. The first-order chi connectivity index (χ1) is 10.6. The Labute approximate surface area is 134 Å². The van der Waals surface area contributed by atoms with Crippen LogP contribution in [0.3, 0.4) is 0 Å². The van der Waals surface area contributed by atoms with E-state index in [9.17, 15) is 19.6 Å². The molecule has 2 unspecified atom stereocenters. The molecule has 2 atom stereocenters. The van der Waals surface area contributed by atoms with E-state index in [1.807, 2.05) is 13.0 Å². The molecule has 0 heterocycles. The first-order valence-electron chi connectivity index (χ1n) is 7.48. The van der Waals surface area contributed by atoms with Gasteiger partial charge in [0.2, 0.25) is 0 Å². The fourth-order valence-corrected chi connectivity index (χ4v) is 4.04. The molecular formula is C19H17NO3. The highest BCUT2D eigenvalue weighted by atomic mass is 16.1. The lowest BCUT2D eigenvalue weighted by Crippen LogP contribution is -2.49. The van der Waals surface area contributed by atoms with Crippen molar-refractivity contribution in [3.05, 3.63) is 47.1 Å². The first kappa shape index (κ1) is 15.4. The van der Waals surface area contributed by atoms with Crippen LogP contribution in [-0.2, 0) is 14.4 Å². The summed E-state index contributed by atoms with van der Waals surface area (Å²) < 4.78 is 0. The van der Waals surface area contributed by atoms with Crippen molar-refractivity contribution in [2.75, 3.05) is 0 Å². The minimum Gasteiger partial charge on any atom is -0.294 e. The quantitative estimate of drug-likeness (QED) is 0.689. The third-order valence-electron chi connectivity index (χ3n) is 5.37. The molecule has 0 saturated carbocycles. The van der Waals surface area contributed by atoms with E-state index in [2.05, 4.69) is 0 Å². The smallest absolute Gasteiger partial charge is 0.182 e. The molecule has 0 aliphatic heterocycles. The highest BCUT2D eigenvalue weighted by Crippen LogP contribution is 2.59. The number of nitrogens with zero attached hydrogens (tertiary/aromatic N) is 1. The van der Waals surface area contributed by atoms with Gasteiger partial charge in [-0.2, -0.15) is 5.26 Å². The minimum absolute atomic E-state index is 0.0780. The molecule has 0 radical (unpaired) electrons. The van der Waals surface area contributed by atoms with Crippen molar-refractivity contribution < 1.29 is 14.4 Å². The van der Waals surface area contributed by atoms with Crippen LogP contribution in [0.5, 0.6) is 0 Å². The van der Waals surface area contributed by atoms with E-state index >= 15 is 0 Å². The number of hydrogen-bond donors (Lipinski definition) is 0. The summed E-state index contributed by atoms with van der Waals surface area (Å²) in [5, 5.41) is 9.34. The molecule has 4 heteroatoms. The standard InChI is InChI=1S/C19H17NO3/c1-17(2)13-8-15(22)18(3)6-5-12(21)7-14(18)19(13,4)9-11(10-20)16(17)23/h5-9H,1-4H3. The molecule has 0 aromatic rings.